The number of hydrogen-bond acceptors (Lipinski definition) is 3. The second-order valence-corrected chi connectivity index (χ2v) is 8.67. The van der Waals surface area contributed by atoms with Crippen LogP contribution in [0, 0.1) is 5.92 Å². The molecule has 1 aromatic rings. The topological polar surface area (TPSA) is 60.2 Å². The molecule has 2 aliphatic carbocycles. The van der Waals surface area contributed by atoms with Crippen molar-refractivity contribution in [1.82, 2.24) is 0 Å². The summed E-state index contributed by atoms with van der Waals surface area (Å²) in [6.07, 6.45) is 8.21. The molecule has 1 aromatic carbocycles. The molecular formula is C17H25NO2S. The molecular weight excluding hydrogens is 282 g/mol. The molecule has 21 heavy (non-hydrogen) atoms. The van der Waals surface area contributed by atoms with Crippen LogP contribution in [0.3, 0.4) is 0 Å². The zero-order valence-corrected chi connectivity index (χ0v) is 13.4. The van der Waals surface area contributed by atoms with Crippen LogP contribution in [0.15, 0.2) is 23.1 Å². The van der Waals surface area contributed by atoms with Gasteiger partial charge < -0.3 is 5.73 Å². The minimum atomic E-state index is -3.25. The van der Waals surface area contributed by atoms with E-state index in [1.807, 2.05) is 18.2 Å². The highest BCUT2D eigenvalue weighted by Crippen LogP contribution is 2.33. The van der Waals surface area contributed by atoms with E-state index in [1.54, 1.807) is 0 Å². The van der Waals surface area contributed by atoms with E-state index in [2.05, 4.69) is 0 Å². The van der Waals surface area contributed by atoms with Crippen molar-refractivity contribution in [2.75, 3.05) is 6.54 Å². The first-order valence-corrected chi connectivity index (χ1v) is 9.73. The minimum Gasteiger partial charge on any atom is -0.330 e. The molecule has 0 radical (unpaired) electrons. The van der Waals surface area contributed by atoms with Gasteiger partial charge in [0.1, 0.15) is 0 Å². The Bertz CT molecular complexity index is 609. The number of hydrogen-bond donors (Lipinski definition) is 1. The molecule has 2 atom stereocenters. The van der Waals surface area contributed by atoms with Crippen molar-refractivity contribution in [2.45, 2.75) is 61.5 Å². The summed E-state index contributed by atoms with van der Waals surface area (Å²) < 4.78 is 26.1. The number of benzene rings is 1. The van der Waals surface area contributed by atoms with E-state index in [0.29, 0.717) is 11.4 Å². The monoisotopic (exact) mass is 307 g/mol. The van der Waals surface area contributed by atoms with Gasteiger partial charge in [0.25, 0.3) is 0 Å². The minimum absolute atomic E-state index is 0.116. The summed E-state index contributed by atoms with van der Waals surface area (Å²) in [5.74, 6) is 0.116. The third kappa shape index (κ3) is 2.88. The van der Waals surface area contributed by atoms with Gasteiger partial charge in [-0.25, -0.2) is 8.42 Å². The molecule has 1 saturated carbocycles. The van der Waals surface area contributed by atoms with Crippen LogP contribution in [0.4, 0.5) is 0 Å². The van der Waals surface area contributed by atoms with E-state index in [0.717, 1.165) is 51.4 Å². The summed E-state index contributed by atoms with van der Waals surface area (Å²) >= 11 is 0. The Morgan fingerprint density at radius 2 is 1.76 bits per heavy atom. The molecule has 0 heterocycles. The molecule has 0 spiro atoms. The van der Waals surface area contributed by atoms with Crippen molar-refractivity contribution >= 4 is 9.84 Å². The molecule has 4 heteroatoms. The second kappa shape index (κ2) is 6.09. The maximum absolute atomic E-state index is 13.1. The largest absolute Gasteiger partial charge is 0.330 e. The number of rotatable bonds is 3. The van der Waals surface area contributed by atoms with Crippen molar-refractivity contribution in [2.24, 2.45) is 11.7 Å². The molecule has 3 rings (SSSR count). The summed E-state index contributed by atoms with van der Waals surface area (Å²) in [5.41, 5.74) is 8.42. The SMILES string of the molecule is NCC1CCCCCC1S(=O)(=O)c1ccc2c(c1)CCC2. The van der Waals surface area contributed by atoms with E-state index >= 15 is 0 Å². The van der Waals surface area contributed by atoms with Gasteiger partial charge in [0.2, 0.25) is 0 Å². The van der Waals surface area contributed by atoms with Crippen LogP contribution in [-0.2, 0) is 22.7 Å². The smallest absolute Gasteiger partial charge is 0.181 e. The third-order valence-electron chi connectivity index (χ3n) is 5.19. The Labute approximate surface area is 127 Å². The Balaban J connectivity index is 1.94. The molecule has 0 bridgehead atoms. The van der Waals surface area contributed by atoms with Gasteiger partial charge in [-0.1, -0.05) is 25.3 Å². The van der Waals surface area contributed by atoms with Gasteiger partial charge in [-0.3, -0.25) is 0 Å². The Morgan fingerprint density at radius 1 is 1.00 bits per heavy atom. The number of sulfone groups is 1. The lowest BCUT2D eigenvalue weighted by molar-refractivity contribution is 0.456. The van der Waals surface area contributed by atoms with Crippen LogP contribution in [0.25, 0.3) is 0 Å². The average molecular weight is 307 g/mol. The van der Waals surface area contributed by atoms with E-state index < -0.39 is 9.84 Å². The number of fused-ring (bicyclic) bond motifs is 1. The molecule has 0 aromatic heterocycles. The molecule has 116 valence electrons. The summed E-state index contributed by atoms with van der Waals surface area (Å²) in [5, 5.41) is -0.288. The maximum atomic E-state index is 13.1. The van der Waals surface area contributed by atoms with Crippen LogP contribution in [0.1, 0.15) is 49.7 Å². The lowest BCUT2D eigenvalue weighted by Crippen LogP contribution is -2.34. The lowest BCUT2D eigenvalue weighted by atomic mass is 10.0. The molecule has 0 aliphatic heterocycles. The van der Waals surface area contributed by atoms with Crippen molar-refractivity contribution in [3.8, 4) is 0 Å². The summed E-state index contributed by atoms with van der Waals surface area (Å²) in [6.45, 7) is 0.481. The van der Waals surface area contributed by atoms with E-state index in [9.17, 15) is 8.42 Å². The summed E-state index contributed by atoms with van der Waals surface area (Å²) in [4.78, 5) is 0.522. The summed E-state index contributed by atoms with van der Waals surface area (Å²) in [6, 6.07) is 5.76. The Morgan fingerprint density at radius 3 is 2.57 bits per heavy atom. The van der Waals surface area contributed by atoms with E-state index in [4.69, 9.17) is 5.73 Å². The van der Waals surface area contributed by atoms with Gasteiger partial charge in [0.05, 0.1) is 10.1 Å². The fourth-order valence-corrected chi connectivity index (χ4v) is 6.07. The highest BCUT2D eigenvalue weighted by Gasteiger charge is 2.35. The molecule has 3 nitrogen and oxygen atoms in total. The predicted molar refractivity (Wildman–Crippen MR) is 85.1 cm³/mol. The normalized spacial score (nSPS) is 26.3. The molecule has 1 fully saturated rings. The van der Waals surface area contributed by atoms with Crippen LogP contribution >= 0.6 is 0 Å². The lowest BCUT2D eigenvalue weighted by Gasteiger charge is -2.24. The molecule has 2 N–H and O–H groups in total. The van der Waals surface area contributed by atoms with Crippen LogP contribution < -0.4 is 5.73 Å². The van der Waals surface area contributed by atoms with Gasteiger partial charge in [0, 0.05) is 0 Å². The first-order chi connectivity index (χ1) is 10.1. The van der Waals surface area contributed by atoms with Crippen molar-refractivity contribution < 1.29 is 8.42 Å². The fourth-order valence-electron chi connectivity index (χ4n) is 3.93. The maximum Gasteiger partial charge on any atom is 0.181 e. The molecule has 0 amide bonds. The van der Waals surface area contributed by atoms with Crippen molar-refractivity contribution in [3.63, 3.8) is 0 Å². The third-order valence-corrected chi connectivity index (χ3v) is 7.52. The Kier molecular flexibility index (Phi) is 4.36. The van der Waals surface area contributed by atoms with Gasteiger partial charge in [-0.15, -0.1) is 0 Å². The molecule has 2 aliphatic rings. The quantitative estimate of drug-likeness (QED) is 0.874. The fraction of sp³-hybridized carbons (Fsp3) is 0.647. The summed E-state index contributed by atoms with van der Waals surface area (Å²) in [7, 11) is -3.25. The zero-order valence-electron chi connectivity index (χ0n) is 12.6. The highest BCUT2D eigenvalue weighted by atomic mass is 32.2. The Hall–Kier alpha value is -0.870. The van der Waals surface area contributed by atoms with Crippen LogP contribution in [0.2, 0.25) is 0 Å². The van der Waals surface area contributed by atoms with E-state index in [1.165, 1.54) is 11.1 Å². The molecule has 0 saturated heterocycles. The van der Waals surface area contributed by atoms with Gasteiger partial charge in [-0.2, -0.15) is 0 Å². The second-order valence-electron chi connectivity index (χ2n) is 6.50. The van der Waals surface area contributed by atoms with Crippen molar-refractivity contribution in [1.29, 1.82) is 0 Å². The number of nitrogens with two attached hydrogens (primary N) is 1. The van der Waals surface area contributed by atoms with Crippen LogP contribution in [0.5, 0.6) is 0 Å². The molecule has 2 unspecified atom stereocenters. The first-order valence-electron chi connectivity index (χ1n) is 8.18. The van der Waals surface area contributed by atoms with Crippen LogP contribution in [-0.4, -0.2) is 20.2 Å². The first kappa shape index (κ1) is 15.0. The van der Waals surface area contributed by atoms with E-state index in [-0.39, 0.29) is 11.2 Å². The average Bonchev–Trinajstić information content (AvgIpc) is 2.81. The van der Waals surface area contributed by atoms with Gasteiger partial charge >= 0.3 is 0 Å². The van der Waals surface area contributed by atoms with Gasteiger partial charge in [-0.05, 0) is 67.8 Å². The highest BCUT2D eigenvalue weighted by molar-refractivity contribution is 7.92. The van der Waals surface area contributed by atoms with Gasteiger partial charge in [0.15, 0.2) is 9.84 Å². The van der Waals surface area contributed by atoms with Crippen molar-refractivity contribution in [3.05, 3.63) is 29.3 Å². The number of aryl methyl sites for hydroxylation is 2. The zero-order chi connectivity index (χ0) is 14.9. The standard InChI is InChI=1S/C17H25NO2S/c18-12-15-5-2-1-3-8-17(15)21(19,20)16-10-9-13-6-4-7-14(13)11-16/h9-11,15,17H,1-8,12,18H2. The predicted octanol–water partition coefficient (Wildman–Crippen LogP) is 2.86.